The monoisotopic (exact) mass is 301 g/mol. The minimum atomic E-state index is -0.680. The minimum Gasteiger partial charge on any atom is -0.323 e. The van der Waals surface area contributed by atoms with E-state index in [-0.39, 0.29) is 12.1 Å². The molecule has 2 aromatic heterocycles. The van der Waals surface area contributed by atoms with Crippen molar-refractivity contribution in [2.75, 3.05) is 5.32 Å². The number of hydrogen-bond acceptors (Lipinski definition) is 2. The Balaban J connectivity index is 1.76. The first kappa shape index (κ1) is 14.2. The summed E-state index contributed by atoms with van der Waals surface area (Å²) in [7, 11) is 0. The number of amides is 1. The maximum atomic E-state index is 13.5. The number of pyridine rings is 1. The molecule has 3 aromatic rings. The molecular weight excluding hydrogens is 288 g/mol. The third-order valence-corrected chi connectivity index (χ3v) is 3.21. The lowest BCUT2D eigenvalue weighted by atomic mass is 10.2. The number of carbonyl (C=O) groups is 1. The van der Waals surface area contributed by atoms with Crippen LogP contribution < -0.4 is 5.32 Å². The summed E-state index contributed by atoms with van der Waals surface area (Å²) >= 11 is 0. The highest BCUT2D eigenvalue weighted by Crippen LogP contribution is 2.16. The third kappa shape index (κ3) is 2.95. The zero-order valence-electron chi connectivity index (χ0n) is 11.8. The van der Waals surface area contributed by atoms with E-state index in [1.807, 2.05) is 25.3 Å². The Morgan fingerprint density at radius 3 is 2.91 bits per heavy atom. The van der Waals surface area contributed by atoms with E-state index in [0.717, 1.165) is 29.4 Å². The summed E-state index contributed by atoms with van der Waals surface area (Å²) in [5.74, 6) is -1.75. The zero-order valence-corrected chi connectivity index (χ0v) is 11.8. The first-order valence-corrected chi connectivity index (χ1v) is 6.70. The van der Waals surface area contributed by atoms with E-state index in [4.69, 9.17) is 0 Å². The summed E-state index contributed by atoms with van der Waals surface area (Å²) in [6.07, 6.45) is 3.57. The van der Waals surface area contributed by atoms with Gasteiger partial charge in [0.15, 0.2) is 0 Å². The van der Waals surface area contributed by atoms with Gasteiger partial charge in [0.05, 0.1) is 17.8 Å². The van der Waals surface area contributed by atoms with E-state index in [2.05, 4.69) is 10.3 Å². The van der Waals surface area contributed by atoms with Gasteiger partial charge in [-0.2, -0.15) is 0 Å². The van der Waals surface area contributed by atoms with Gasteiger partial charge in [-0.05, 0) is 36.8 Å². The number of fused-ring (bicyclic) bond motifs is 1. The summed E-state index contributed by atoms with van der Waals surface area (Å²) in [5, 5.41) is 2.35. The molecule has 112 valence electrons. The summed E-state index contributed by atoms with van der Waals surface area (Å²) in [6.45, 7) is 1.95. The van der Waals surface area contributed by atoms with Gasteiger partial charge < -0.3 is 9.72 Å². The van der Waals surface area contributed by atoms with Crippen LogP contribution in [0.25, 0.3) is 5.65 Å². The highest BCUT2D eigenvalue weighted by Gasteiger charge is 2.11. The Labute approximate surface area is 125 Å². The van der Waals surface area contributed by atoms with Crippen LogP contribution in [0, 0.1) is 18.6 Å². The maximum Gasteiger partial charge on any atom is 0.230 e. The number of hydrogen-bond donors (Lipinski definition) is 1. The Bertz CT molecular complexity index is 858. The molecule has 0 atom stereocenters. The van der Waals surface area contributed by atoms with Crippen molar-refractivity contribution < 1.29 is 13.6 Å². The van der Waals surface area contributed by atoms with Gasteiger partial charge in [0.1, 0.15) is 17.3 Å². The summed E-state index contributed by atoms with van der Waals surface area (Å²) in [6, 6.07) is 6.74. The highest BCUT2D eigenvalue weighted by atomic mass is 19.1. The van der Waals surface area contributed by atoms with Crippen molar-refractivity contribution >= 4 is 17.2 Å². The second-order valence-electron chi connectivity index (χ2n) is 5.05. The lowest BCUT2D eigenvalue weighted by Gasteiger charge is -2.05. The Morgan fingerprint density at radius 1 is 1.27 bits per heavy atom. The Morgan fingerprint density at radius 2 is 2.09 bits per heavy atom. The van der Waals surface area contributed by atoms with Crippen LogP contribution >= 0.6 is 0 Å². The summed E-state index contributed by atoms with van der Waals surface area (Å²) < 4.78 is 28.4. The SMILES string of the molecule is Cc1ccn2cc(CC(=O)Nc3cc(F)ccc3F)nc2c1. The predicted octanol–water partition coefficient (Wildman–Crippen LogP) is 3.10. The average Bonchev–Trinajstić information content (AvgIpc) is 2.84. The molecule has 0 spiro atoms. The molecule has 0 unspecified atom stereocenters. The molecule has 4 nitrogen and oxygen atoms in total. The van der Waals surface area contributed by atoms with E-state index in [1.165, 1.54) is 0 Å². The van der Waals surface area contributed by atoms with Crippen LogP contribution in [0.2, 0.25) is 0 Å². The Hall–Kier alpha value is -2.76. The Kier molecular flexibility index (Phi) is 3.58. The lowest BCUT2D eigenvalue weighted by Crippen LogP contribution is -2.15. The molecule has 3 rings (SSSR count). The minimum absolute atomic E-state index is 0.0172. The molecule has 0 fully saturated rings. The number of halogens is 2. The number of aryl methyl sites for hydroxylation is 1. The van der Waals surface area contributed by atoms with Crippen molar-refractivity contribution in [1.29, 1.82) is 0 Å². The molecule has 6 heteroatoms. The molecule has 0 aliphatic heterocycles. The molecule has 22 heavy (non-hydrogen) atoms. The first-order valence-electron chi connectivity index (χ1n) is 6.70. The molecular formula is C16H13F2N3O. The van der Waals surface area contributed by atoms with E-state index < -0.39 is 17.5 Å². The molecule has 0 aliphatic rings. The van der Waals surface area contributed by atoms with Gasteiger partial charge >= 0.3 is 0 Å². The van der Waals surface area contributed by atoms with Crippen LogP contribution in [-0.4, -0.2) is 15.3 Å². The van der Waals surface area contributed by atoms with Crippen LogP contribution in [0.15, 0.2) is 42.7 Å². The quantitative estimate of drug-likeness (QED) is 0.808. The highest BCUT2D eigenvalue weighted by molar-refractivity contribution is 5.92. The smallest absolute Gasteiger partial charge is 0.230 e. The lowest BCUT2D eigenvalue weighted by molar-refractivity contribution is -0.115. The second-order valence-corrected chi connectivity index (χ2v) is 5.05. The van der Waals surface area contributed by atoms with Gasteiger partial charge in [-0.15, -0.1) is 0 Å². The fourth-order valence-corrected chi connectivity index (χ4v) is 2.17. The number of rotatable bonds is 3. The van der Waals surface area contributed by atoms with Crippen LogP contribution in [0.4, 0.5) is 14.5 Å². The number of aromatic nitrogens is 2. The molecule has 0 saturated carbocycles. The van der Waals surface area contributed by atoms with E-state index in [0.29, 0.717) is 5.69 Å². The van der Waals surface area contributed by atoms with Crippen LogP contribution in [-0.2, 0) is 11.2 Å². The van der Waals surface area contributed by atoms with E-state index >= 15 is 0 Å². The number of carbonyl (C=O) groups excluding carboxylic acids is 1. The van der Waals surface area contributed by atoms with Gasteiger partial charge in [0.2, 0.25) is 5.91 Å². The molecule has 0 radical (unpaired) electrons. The van der Waals surface area contributed by atoms with Gasteiger partial charge in [-0.1, -0.05) is 0 Å². The van der Waals surface area contributed by atoms with Gasteiger partial charge in [0, 0.05) is 18.5 Å². The first-order chi connectivity index (χ1) is 10.5. The fourth-order valence-electron chi connectivity index (χ4n) is 2.17. The zero-order chi connectivity index (χ0) is 15.7. The molecule has 0 bridgehead atoms. The van der Waals surface area contributed by atoms with Crippen molar-refractivity contribution in [1.82, 2.24) is 9.38 Å². The molecule has 0 saturated heterocycles. The standard InChI is InChI=1S/C16H13F2N3O/c1-10-4-5-21-9-12(19-15(21)6-10)8-16(22)20-14-7-11(17)2-3-13(14)18/h2-7,9H,8H2,1H3,(H,20,22). The van der Waals surface area contributed by atoms with Crippen LogP contribution in [0.5, 0.6) is 0 Å². The molecule has 1 N–H and O–H groups in total. The van der Waals surface area contributed by atoms with Crippen molar-refractivity contribution in [2.24, 2.45) is 0 Å². The van der Waals surface area contributed by atoms with E-state index in [1.54, 1.807) is 10.6 Å². The normalized spacial score (nSPS) is 10.9. The number of benzene rings is 1. The molecule has 1 amide bonds. The summed E-state index contributed by atoms with van der Waals surface area (Å²) in [5.41, 5.74) is 2.18. The molecule has 2 heterocycles. The third-order valence-electron chi connectivity index (χ3n) is 3.21. The van der Waals surface area contributed by atoms with Gasteiger partial charge in [0.25, 0.3) is 0 Å². The van der Waals surface area contributed by atoms with Crippen molar-refractivity contribution in [3.63, 3.8) is 0 Å². The summed E-state index contributed by atoms with van der Waals surface area (Å²) in [4.78, 5) is 16.3. The molecule has 0 aliphatic carbocycles. The number of nitrogens with zero attached hydrogens (tertiary/aromatic N) is 2. The van der Waals surface area contributed by atoms with Gasteiger partial charge in [-0.25, -0.2) is 13.8 Å². The number of nitrogens with one attached hydrogen (secondary N) is 1. The van der Waals surface area contributed by atoms with Crippen LogP contribution in [0.1, 0.15) is 11.3 Å². The average molecular weight is 301 g/mol. The topological polar surface area (TPSA) is 46.4 Å². The van der Waals surface area contributed by atoms with Crippen LogP contribution in [0.3, 0.4) is 0 Å². The maximum absolute atomic E-state index is 13.5. The van der Waals surface area contributed by atoms with E-state index in [9.17, 15) is 13.6 Å². The van der Waals surface area contributed by atoms with Gasteiger partial charge in [-0.3, -0.25) is 4.79 Å². The number of anilines is 1. The number of imidazole rings is 1. The van der Waals surface area contributed by atoms with Crippen molar-refractivity contribution in [3.8, 4) is 0 Å². The van der Waals surface area contributed by atoms with Crippen molar-refractivity contribution in [3.05, 3.63) is 65.6 Å². The largest absolute Gasteiger partial charge is 0.323 e. The molecule has 1 aromatic carbocycles. The second kappa shape index (κ2) is 5.55. The predicted molar refractivity (Wildman–Crippen MR) is 78.6 cm³/mol. The van der Waals surface area contributed by atoms with Crippen molar-refractivity contribution in [2.45, 2.75) is 13.3 Å². The fraction of sp³-hybridized carbons (Fsp3) is 0.125.